The maximum absolute atomic E-state index is 8.58. The van der Waals surface area contributed by atoms with Crippen LogP contribution in [-0.4, -0.2) is 75.4 Å². The maximum atomic E-state index is 8.58. The molecule has 0 fully saturated rings. The summed E-state index contributed by atoms with van der Waals surface area (Å²) in [6.07, 6.45) is 0. The minimum Gasteiger partial charge on any atom is -0.894 e. The molecule has 0 radical (unpaired) electrons. The number of hydrogen-bond acceptors (Lipinski definition) is 8. The zero-order valence-electron chi connectivity index (χ0n) is 6.13. The molecule has 0 aliphatic heterocycles. The number of rotatable bonds is 0. The summed E-state index contributed by atoms with van der Waals surface area (Å²) < 4.78 is 0. The van der Waals surface area contributed by atoms with Crippen molar-refractivity contribution in [3.05, 3.63) is 0 Å². The Hall–Kier alpha value is 2.94. The first-order valence-electron chi connectivity index (χ1n) is 1.63. The van der Waals surface area contributed by atoms with Crippen LogP contribution in [0.1, 0.15) is 0 Å². The van der Waals surface area contributed by atoms with Gasteiger partial charge in [-0.1, -0.05) is 0 Å². The fraction of sp³-hybridized carbons (Fsp3) is 0. The summed E-state index contributed by atoms with van der Waals surface area (Å²) in [6.45, 7) is 0. The van der Waals surface area contributed by atoms with E-state index in [2.05, 4.69) is 0 Å². The minimum atomic E-state index is -5.61. The third-order valence-electron chi connectivity index (χ3n) is 0. The van der Waals surface area contributed by atoms with Crippen molar-refractivity contribution in [2.24, 2.45) is 0 Å². The van der Waals surface area contributed by atoms with Gasteiger partial charge in [0, 0.05) is 0 Å². The topological polar surface area (TPSA) is 184 Å². The molecule has 0 aromatic carbocycles. The van der Waals surface area contributed by atoms with Crippen LogP contribution in [0.3, 0.4) is 0 Å². The Labute approximate surface area is 146 Å². The van der Waals surface area contributed by atoms with E-state index in [1.807, 2.05) is 0 Å². The first-order chi connectivity index (χ1) is 4.00. The molecule has 0 heterocycles. The Bertz CT molecular complexity index is 65.1. The van der Waals surface area contributed by atoms with Crippen molar-refractivity contribution in [1.29, 1.82) is 0 Å². The van der Waals surface area contributed by atoms with E-state index < -0.39 is 18.1 Å². The van der Waals surface area contributed by atoms with Crippen molar-refractivity contribution >= 4 is 75.4 Å². The SMILES string of the molecule is [B+3].[Ba+2].[La+3].[O-][Si]([O-])([O-])[O-].[O-][Si]([O-])([O-])[O-]. The van der Waals surface area contributed by atoms with Gasteiger partial charge in [-0.25, -0.2) is 0 Å². The van der Waals surface area contributed by atoms with E-state index in [-0.39, 0.29) is 92.9 Å². The molecule has 0 aromatic heterocycles. The van der Waals surface area contributed by atoms with Crippen LogP contribution in [0, 0.1) is 35.6 Å². The van der Waals surface area contributed by atoms with Crippen LogP contribution >= 0.6 is 0 Å². The van der Waals surface area contributed by atoms with E-state index in [4.69, 9.17) is 38.4 Å². The standard InChI is InChI=1S/B.Ba.La.2O4Si/c;;;2*1-5(2,3)4/q+3;+2;+3;2*-4. The Morgan fingerprint density at radius 1 is 0.538 bits per heavy atom. The van der Waals surface area contributed by atoms with Crippen molar-refractivity contribution < 1.29 is 74.0 Å². The van der Waals surface area contributed by atoms with Crippen molar-refractivity contribution in [3.8, 4) is 0 Å². The zero-order chi connectivity index (χ0) is 9.00. The normalized spacial score (nSPS) is 9.23. The molecule has 64 valence electrons. The summed E-state index contributed by atoms with van der Waals surface area (Å²) in [6, 6.07) is 0. The largest absolute Gasteiger partial charge is 3.00 e. The summed E-state index contributed by atoms with van der Waals surface area (Å²) >= 11 is 0. The monoisotopic (exact) mass is 472 g/mol. The van der Waals surface area contributed by atoms with E-state index in [1.165, 1.54) is 0 Å². The summed E-state index contributed by atoms with van der Waals surface area (Å²) in [7, 11) is -11.2. The van der Waals surface area contributed by atoms with E-state index in [9.17, 15) is 0 Å². The molecule has 0 spiro atoms. The van der Waals surface area contributed by atoms with Gasteiger partial charge in [-0.15, -0.1) is 0 Å². The summed E-state index contributed by atoms with van der Waals surface area (Å²) in [5, 5.41) is 0. The van der Waals surface area contributed by atoms with E-state index in [0.29, 0.717) is 0 Å². The van der Waals surface area contributed by atoms with Gasteiger partial charge in [0.2, 0.25) is 0 Å². The van der Waals surface area contributed by atoms with Crippen LogP contribution < -0.4 is 38.4 Å². The first-order valence-corrected chi connectivity index (χ1v) is 4.90. The van der Waals surface area contributed by atoms with Crippen LogP contribution in [0.2, 0.25) is 0 Å². The second kappa shape index (κ2) is 13.0. The average Bonchev–Trinajstić information content (AvgIpc) is 1.12. The van der Waals surface area contributed by atoms with Crippen molar-refractivity contribution in [1.82, 2.24) is 0 Å². The summed E-state index contributed by atoms with van der Waals surface area (Å²) in [5.41, 5.74) is 0. The molecule has 0 aliphatic carbocycles. The molecule has 0 amide bonds. The molecular formula is BBaLaO8Si2. The molecule has 0 saturated carbocycles. The molecule has 0 bridgehead atoms. The second-order valence-corrected chi connectivity index (χ2v) is 3.00. The Morgan fingerprint density at radius 2 is 0.538 bits per heavy atom. The summed E-state index contributed by atoms with van der Waals surface area (Å²) in [4.78, 5) is 68.6. The van der Waals surface area contributed by atoms with E-state index in [0.717, 1.165) is 0 Å². The predicted octanol–water partition coefficient (Wildman–Crippen LogP) is -11.0. The smallest absolute Gasteiger partial charge is 0.894 e. The number of hydrogen-bond donors (Lipinski definition) is 0. The van der Waals surface area contributed by atoms with Gasteiger partial charge in [-0.3, -0.25) is 0 Å². The predicted molar refractivity (Wildman–Crippen MR) is 23.0 cm³/mol. The molecule has 8 nitrogen and oxygen atoms in total. The van der Waals surface area contributed by atoms with Crippen LogP contribution in [0.15, 0.2) is 0 Å². The Balaban J connectivity index is -0.0000000267. The van der Waals surface area contributed by atoms with Gasteiger partial charge >= 0.3 is 92.9 Å². The van der Waals surface area contributed by atoms with Gasteiger partial charge in [0.1, 0.15) is 0 Å². The molecule has 0 saturated heterocycles. The van der Waals surface area contributed by atoms with Crippen LogP contribution in [0.5, 0.6) is 0 Å². The van der Waals surface area contributed by atoms with Crippen LogP contribution in [-0.2, 0) is 0 Å². The Morgan fingerprint density at radius 3 is 0.538 bits per heavy atom. The van der Waals surface area contributed by atoms with Crippen LogP contribution in [0.4, 0.5) is 0 Å². The Kier molecular flexibility index (Phi) is 29.8. The second-order valence-electron chi connectivity index (χ2n) is 1.00. The third-order valence-corrected chi connectivity index (χ3v) is 0. The molecule has 13 heteroatoms. The van der Waals surface area contributed by atoms with Crippen molar-refractivity contribution in [3.63, 3.8) is 0 Å². The molecule has 0 unspecified atom stereocenters. The zero-order valence-corrected chi connectivity index (χ0v) is 16.2. The molecule has 0 aliphatic rings. The quantitative estimate of drug-likeness (QED) is 0.312. The molecular weight excluding hydrogens is 471 g/mol. The van der Waals surface area contributed by atoms with Crippen molar-refractivity contribution in [2.75, 3.05) is 0 Å². The van der Waals surface area contributed by atoms with Gasteiger partial charge in [0.25, 0.3) is 0 Å². The van der Waals surface area contributed by atoms with Crippen molar-refractivity contribution in [2.45, 2.75) is 0 Å². The molecule has 13 heavy (non-hydrogen) atoms. The molecule has 0 aromatic rings. The van der Waals surface area contributed by atoms with Gasteiger partial charge in [-0.05, 0) is 0 Å². The van der Waals surface area contributed by atoms with E-state index >= 15 is 0 Å². The minimum absolute atomic E-state index is 0. The fourth-order valence-electron chi connectivity index (χ4n) is 0. The molecule has 0 atom stereocenters. The molecule has 0 N–H and O–H groups in total. The van der Waals surface area contributed by atoms with Gasteiger partial charge in [0.15, 0.2) is 0 Å². The average molecular weight is 471 g/mol. The van der Waals surface area contributed by atoms with Gasteiger partial charge in [0.05, 0.1) is 0 Å². The van der Waals surface area contributed by atoms with Gasteiger partial charge in [-0.2, -0.15) is 0 Å². The van der Waals surface area contributed by atoms with E-state index in [1.54, 1.807) is 0 Å². The summed E-state index contributed by atoms with van der Waals surface area (Å²) in [5.74, 6) is 0. The molecule has 0 rings (SSSR count). The first kappa shape index (κ1) is 29.7. The third kappa shape index (κ3) is 289. The van der Waals surface area contributed by atoms with Crippen LogP contribution in [0.25, 0.3) is 0 Å². The fourth-order valence-corrected chi connectivity index (χ4v) is 0. The van der Waals surface area contributed by atoms with Gasteiger partial charge < -0.3 is 56.5 Å². The maximum Gasteiger partial charge on any atom is 3.00 e.